The first-order valence-corrected chi connectivity index (χ1v) is 27.2. The molecule has 0 saturated carbocycles. The van der Waals surface area contributed by atoms with Crippen LogP contribution in [0, 0.1) is 0 Å². The number of phosphoric ester groups is 1. The highest BCUT2D eigenvalue weighted by Gasteiger charge is 2.26. The number of esters is 1. The first-order valence-electron chi connectivity index (χ1n) is 25.7. The Morgan fingerprint density at radius 3 is 1.34 bits per heavy atom. The van der Waals surface area contributed by atoms with Crippen LogP contribution in [0.5, 0.6) is 0 Å². The summed E-state index contributed by atoms with van der Waals surface area (Å²) in [6.07, 6.45) is 54.7. The Hall–Kier alpha value is -1.28. The maximum Gasteiger partial charge on any atom is 0.472 e. The summed E-state index contributed by atoms with van der Waals surface area (Å²) in [5, 5.41) is 0. The molecule has 0 heterocycles. The van der Waals surface area contributed by atoms with E-state index in [1.54, 1.807) is 0 Å². The smallest absolute Gasteiger partial charge is 0.457 e. The molecular formula is C52H101NO7P+. The van der Waals surface area contributed by atoms with Gasteiger partial charge in [-0.3, -0.25) is 13.8 Å². The van der Waals surface area contributed by atoms with Gasteiger partial charge in [0.2, 0.25) is 0 Å². The fourth-order valence-electron chi connectivity index (χ4n) is 7.17. The van der Waals surface area contributed by atoms with Gasteiger partial charge in [0.05, 0.1) is 34.4 Å². The molecule has 0 aromatic rings. The monoisotopic (exact) mass is 883 g/mol. The molecule has 2 unspecified atom stereocenters. The summed E-state index contributed by atoms with van der Waals surface area (Å²) in [4.78, 5) is 23.0. The zero-order valence-electron chi connectivity index (χ0n) is 40.9. The number of hydrogen-bond acceptors (Lipinski definition) is 6. The van der Waals surface area contributed by atoms with Crippen molar-refractivity contribution in [3.8, 4) is 0 Å². The third-order valence-corrected chi connectivity index (χ3v) is 12.2. The number of carbonyl (C=O) groups is 1. The lowest BCUT2D eigenvalue weighted by atomic mass is 10.0. The van der Waals surface area contributed by atoms with E-state index in [-0.39, 0.29) is 25.8 Å². The maximum atomic E-state index is 12.7. The zero-order chi connectivity index (χ0) is 44.8. The number of unbranched alkanes of at least 4 members (excludes halogenated alkanes) is 28. The molecule has 0 spiro atoms. The molecule has 61 heavy (non-hydrogen) atoms. The second-order valence-electron chi connectivity index (χ2n) is 18.5. The van der Waals surface area contributed by atoms with Gasteiger partial charge in [-0.05, 0) is 70.6 Å². The molecule has 1 N–H and O–H groups in total. The van der Waals surface area contributed by atoms with Gasteiger partial charge < -0.3 is 18.9 Å². The highest BCUT2D eigenvalue weighted by atomic mass is 31.2. The molecule has 2 atom stereocenters. The maximum absolute atomic E-state index is 12.7. The molecule has 0 aromatic carbocycles. The Kier molecular flexibility index (Phi) is 44.3. The van der Waals surface area contributed by atoms with Crippen LogP contribution in [-0.2, 0) is 27.9 Å². The van der Waals surface area contributed by atoms with Crippen molar-refractivity contribution >= 4 is 13.8 Å². The lowest BCUT2D eigenvalue weighted by Gasteiger charge is -2.24. The molecule has 0 bridgehead atoms. The summed E-state index contributed by atoms with van der Waals surface area (Å²) in [6.45, 7) is 5.62. The van der Waals surface area contributed by atoms with E-state index in [4.69, 9.17) is 18.5 Å². The van der Waals surface area contributed by atoms with E-state index in [0.29, 0.717) is 24.1 Å². The summed E-state index contributed by atoms with van der Waals surface area (Å²) in [5.41, 5.74) is 0. The Labute approximate surface area is 378 Å². The van der Waals surface area contributed by atoms with Gasteiger partial charge in [-0.15, -0.1) is 0 Å². The standard InChI is InChI=1S/C52H100NO7P/c1-6-8-10-12-14-16-18-20-22-23-24-25-26-27-28-29-30-32-34-36-38-40-42-44-47-57-49-51(50-59-61(55,56)58-48-46-53(3,4)5)60-52(54)45-43-41-39-37-35-33-31-21-19-17-15-13-11-9-7-2/h18,20-21,23-24,31,51H,6-17,19,22,25-30,32-50H2,1-5H3/p+1/b20-18-,24-23-,31-21-. The van der Waals surface area contributed by atoms with Crippen molar-refractivity contribution in [1.29, 1.82) is 0 Å². The average Bonchev–Trinajstić information content (AvgIpc) is 3.22. The van der Waals surface area contributed by atoms with Crippen molar-refractivity contribution in [2.24, 2.45) is 0 Å². The normalized spacial score (nSPS) is 13.9. The Bertz CT molecular complexity index is 1070. The fraction of sp³-hybridized carbons (Fsp3) is 0.865. The molecule has 0 aliphatic carbocycles. The Balaban J connectivity index is 4.10. The zero-order valence-corrected chi connectivity index (χ0v) is 41.8. The fourth-order valence-corrected chi connectivity index (χ4v) is 7.91. The van der Waals surface area contributed by atoms with Crippen LogP contribution in [0.4, 0.5) is 0 Å². The number of phosphoric acid groups is 1. The number of quaternary nitrogens is 1. The molecule has 0 saturated heterocycles. The van der Waals surface area contributed by atoms with Gasteiger partial charge in [-0.25, -0.2) is 4.57 Å². The van der Waals surface area contributed by atoms with Gasteiger partial charge in [-0.2, -0.15) is 0 Å². The molecule has 8 nitrogen and oxygen atoms in total. The van der Waals surface area contributed by atoms with Crippen LogP contribution in [0.2, 0.25) is 0 Å². The van der Waals surface area contributed by atoms with E-state index in [2.05, 4.69) is 50.3 Å². The molecule has 0 aliphatic heterocycles. The van der Waals surface area contributed by atoms with E-state index in [9.17, 15) is 14.3 Å². The quantitative estimate of drug-likeness (QED) is 0.0214. The number of hydrogen-bond donors (Lipinski definition) is 1. The van der Waals surface area contributed by atoms with Crippen molar-refractivity contribution in [2.75, 3.05) is 54.1 Å². The minimum absolute atomic E-state index is 0.0873. The van der Waals surface area contributed by atoms with Crippen molar-refractivity contribution in [1.82, 2.24) is 0 Å². The molecule has 9 heteroatoms. The largest absolute Gasteiger partial charge is 0.472 e. The topological polar surface area (TPSA) is 91.3 Å². The van der Waals surface area contributed by atoms with Crippen LogP contribution >= 0.6 is 7.82 Å². The number of carbonyl (C=O) groups excluding carboxylic acids is 1. The van der Waals surface area contributed by atoms with Crippen LogP contribution in [0.25, 0.3) is 0 Å². The highest BCUT2D eigenvalue weighted by molar-refractivity contribution is 7.47. The highest BCUT2D eigenvalue weighted by Crippen LogP contribution is 2.43. The van der Waals surface area contributed by atoms with E-state index in [1.807, 2.05) is 21.1 Å². The van der Waals surface area contributed by atoms with Crippen molar-refractivity contribution in [3.63, 3.8) is 0 Å². The van der Waals surface area contributed by atoms with Crippen LogP contribution in [-0.4, -0.2) is 75.6 Å². The summed E-state index contributed by atoms with van der Waals surface area (Å²) in [7, 11) is 1.67. The molecule has 0 rings (SSSR count). The van der Waals surface area contributed by atoms with Gasteiger partial charge in [0.25, 0.3) is 0 Å². The predicted molar refractivity (Wildman–Crippen MR) is 261 cm³/mol. The molecule has 0 amide bonds. The van der Waals surface area contributed by atoms with Crippen LogP contribution in [0.1, 0.15) is 232 Å². The number of ether oxygens (including phenoxy) is 2. The number of likely N-dealkylation sites (N-methyl/N-ethyl adjacent to an activating group) is 1. The minimum atomic E-state index is -4.28. The van der Waals surface area contributed by atoms with Gasteiger partial charge in [-0.1, -0.05) is 192 Å². The summed E-state index contributed by atoms with van der Waals surface area (Å²) >= 11 is 0. The van der Waals surface area contributed by atoms with Crippen LogP contribution in [0.15, 0.2) is 36.5 Å². The van der Waals surface area contributed by atoms with E-state index < -0.39 is 13.9 Å². The lowest BCUT2D eigenvalue weighted by Crippen LogP contribution is -2.37. The number of allylic oxidation sites excluding steroid dienone is 6. The molecule has 0 radical (unpaired) electrons. The molecule has 0 fully saturated rings. The molecule has 0 aliphatic rings. The van der Waals surface area contributed by atoms with Gasteiger partial charge >= 0.3 is 13.8 Å². The Morgan fingerprint density at radius 2 is 0.902 bits per heavy atom. The summed E-state index contributed by atoms with van der Waals surface area (Å²) in [5.74, 6) is -0.321. The first-order chi connectivity index (χ1) is 29.6. The van der Waals surface area contributed by atoms with E-state index in [0.717, 1.165) is 51.4 Å². The van der Waals surface area contributed by atoms with Gasteiger partial charge in [0, 0.05) is 13.0 Å². The lowest BCUT2D eigenvalue weighted by molar-refractivity contribution is -0.870. The van der Waals surface area contributed by atoms with Gasteiger partial charge in [0.15, 0.2) is 0 Å². The second-order valence-corrected chi connectivity index (χ2v) is 20.0. The number of rotatable bonds is 48. The second kappa shape index (κ2) is 45.3. The summed E-state index contributed by atoms with van der Waals surface area (Å²) < 4.78 is 35.1. The molecule has 360 valence electrons. The van der Waals surface area contributed by atoms with Crippen molar-refractivity contribution in [2.45, 2.75) is 238 Å². The van der Waals surface area contributed by atoms with E-state index in [1.165, 1.54) is 161 Å². The van der Waals surface area contributed by atoms with Crippen molar-refractivity contribution in [3.05, 3.63) is 36.5 Å². The summed E-state index contributed by atoms with van der Waals surface area (Å²) in [6, 6.07) is 0. The van der Waals surface area contributed by atoms with Crippen LogP contribution < -0.4 is 0 Å². The SMILES string of the molecule is CCCCCCC/C=C\C/C=C\CCCCCCCCCCCCCCOCC(COP(=O)(O)OCC[N+](C)(C)C)OC(=O)CCCCCCC/C=C\CCCCCCCC. The third kappa shape index (κ3) is 49.6. The van der Waals surface area contributed by atoms with Crippen LogP contribution in [0.3, 0.4) is 0 Å². The molecular weight excluding hydrogens is 782 g/mol. The van der Waals surface area contributed by atoms with E-state index >= 15 is 0 Å². The predicted octanol–water partition coefficient (Wildman–Crippen LogP) is 15.7. The average molecular weight is 883 g/mol. The van der Waals surface area contributed by atoms with Gasteiger partial charge in [0.1, 0.15) is 19.3 Å². The third-order valence-electron chi connectivity index (χ3n) is 11.2. The molecule has 0 aromatic heterocycles. The number of nitrogens with zero attached hydrogens (tertiary/aromatic N) is 1. The first kappa shape index (κ1) is 59.7. The minimum Gasteiger partial charge on any atom is -0.457 e. The Morgan fingerprint density at radius 1 is 0.508 bits per heavy atom. The van der Waals surface area contributed by atoms with Crippen molar-refractivity contribution < 1.29 is 37.3 Å².